The summed E-state index contributed by atoms with van der Waals surface area (Å²) < 4.78 is 5.17. The van der Waals surface area contributed by atoms with Gasteiger partial charge in [-0.3, -0.25) is 9.59 Å². The molecule has 1 aromatic heterocycles. The summed E-state index contributed by atoms with van der Waals surface area (Å²) in [5, 5.41) is 11.6. The van der Waals surface area contributed by atoms with Gasteiger partial charge in [0.25, 0.3) is 5.91 Å². The number of hydrogen-bond acceptors (Lipinski definition) is 3. The van der Waals surface area contributed by atoms with Gasteiger partial charge in [-0.15, -0.1) is 0 Å². The molecule has 0 spiro atoms. The summed E-state index contributed by atoms with van der Waals surface area (Å²) in [6.45, 7) is 5.67. The summed E-state index contributed by atoms with van der Waals surface area (Å²) in [5.74, 6) is -1.23. The topological polar surface area (TPSA) is 79.5 Å². The number of carbonyl (C=O) groups excluding carboxylic acids is 1. The molecule has 0 aliphatic heterocycles. The number of rotatable bonds is 4. The Kier molecular flexibility index (Phi) is 4.12. The van der Waals surface area contributed by atoms with Gasteiger partial charge in [0.05, 0.1) is 11.8 Å². The van der Waals surface area contributed by atoms with E-state index in [-0.39, 0.29) is 23.7 Å². The van der Waals surface area contributed by atoms with Crippen molar-refractivity contribution in [2.24, 2.45) is 0 Å². The molecular weight excluding hydrogens is 270 g/mol. The summed E-state index contributed by atoms with van der Waals surface area (Å²) in [5.41, 5.74) is 3.79. The molecule has 110 valence electrons. The number of hydrogen-bond donors (Lipinski definition) is 2. The summed E-state index contributed by atoms with van der Waals surface area (Å²) >= 11 is 0. The van der Waals surface area contributed by atoms with Crippen molar-refractivity contribution in [3.8, 4) is 0 Å². The van der Waals surface area contributed by atoms with Gasteiger partial charge >= 0.3 is 5.97 Å². The first-order valence-corrected chi connectivity index (χ1v) is 6.56. The quantitative estimate of drug-likeness (QED) is 0.905. The van der Waals surface area contributed by atoms with E-state index < -0.39 is 5.97 Å². The fourth-order valence-corrected chi connectivity index (χ4v) is 2.08. The lowest BCUT2D eigenvalue weighted by Gasteiger charge is -2.08. The lowest BCUT2D eigenvalue weighted by molar-refractivity contribution is -0.136. The average molecular weight is 287 g/mol. The molecule has 2 aromatic rings. The summed E-state index contributed by atoms with van der Waals surface area (Å²) in [6, 6.07) is 5.61. The Balaban J connectivity index is 2.26. The van der Waals surface area contributed by atoms with Crippen molar-refractivity contribution in [1.29, 1.82) is 0 Å². The highest BCUT2D eigenvalue weighted by Gasteiger charge is 2.20. The van der Waals surface area contributed by atoms with E-state index >= 15 is 0 Å². The van der Waals surface area contributed by atoms with Crippen LogP contribution in [0.3, 0.4) is 0 Å². The van der Waals surface area contributed by atoms with Gasteiger partial charge < -0.3 is 14.8 Å². The van der Waals surface area contributed by atoms with E-state index in [1.807, 2.05) is 32.0 Å². The predicted molar refractivity (Wildman–Crippen MR) is 78.7 cm³/mol. The SMILES string of the molecule is Cc1ccc(NC(=O)c2c(C)coc2CC(=O)O)cc1C. The lowest BCUT2D eigenvalue weighted by Crippen LogP contribution is -2.15. The van der Waals surface area contributed by atoms with Gasteiger partial charge in [-0.25, -0.2) is 0 Å². The number of aliphatic carboxylic acids is 1. The number of carboxylic acid groups (broad SMARTS) is 1. The predicted octanol–water partition coefficient (Wildman–Crippen LogP) is 3.08. The first kappa shape index (κ1) is 14.8. The zero-order chi connectivity index (χ0) is 15.6. The number of anilines is 1. The molecule has 1 aromatic carbocycles. The van der Waals surface area contributed by atoms with Crippen LogP contribution in [0.5, 0.6) is 0 Å². The zero-order valence-corrected chi connectivity index (χ0v) is 12.2. The summed E-state index contributed by atoms with van der Waals surface area (Å²) in [4.78, 5) is 23.1. The Bertz CT molecular complexity index is 700. The molecule has 0 atom stereocenters. The van der Waals surface area contributed by atoms with Crippen molar-refractivity contribution in [1.82, 2.24) is 0 Å². The van der Waals surface area contributed by atoms with Crippen LogP contribution in [0, 0.1) is 20.8 Å². The van der Waals surface area contributed by atoms with E-state index in [2.05, 4.69) is 5.32 Å². The Morgan fingerprint density at radius 2 is 1.86 bits per heavy atom. The number of carboxylic acids is 1. The van der Waals surface area contributed by atoms with Crippen LogP contribution >= 0.6 is 0 Å². The number of nitrogens with one attached hydrogen (secondary N) is 1. The molecule has 0 saturated carbocycles. The van der Waals surface area contributed by atoms with E-state index in [4.69, 9.17) is 9.52 Å². The zero-order valence-electron chi connectivity index (χ0n) is 12.2. The second kappa shape index (κ2) is 5.83. The third-order valence-electron chi connectivity index (χ3n) is 3.35. The molecule has 0 aliphatic rings. The number of aryl methyl sites for hydroxylation is 3. The van der Waals surface area contributed by atoms with Crippen molar-refractivity contribution >= 4 is 17.6 Å². The third-order valence-corrected chi connectivity index (χ3v) is 3.35. The normalized spacial score (nSPS) is 10.4. The number of benzene rings is 1. The van der Waals surface area contributed by atoms with Gasteiger partial charge in [0.1, 0.15) is 12.2 Å². The Labute approximate surface area is 122 Å². The molecule has 1 heterocycles. The molecule has 0 radical (unpaired) electrons. The first-order chi connectivity index (χ1) is 9.88. The minimum Gasteiger partial charge on any atom is -0.481 e. The standard InChI is InChI=1S/C16H17NO4/c1-9-4-5-12(6-10(9)2)17-16(20)15-11(3)8-21-13(15)7-14(18)19/h4-6,8H,7H2,1-3H3,(H,17,20)(H,18,19). The maximum absolute atomic E-state index is 12.3. The summed E-state index contributed by atoms with van der Waals surface area (Å²) in [6.07, 6.45) is 1.08. The smallest absolute Gasteiger partial charge is 0.311 e. The molecule has 0 bridgehead atoms. The van der Waals surface area contributed by atoms with Gasteiger partial charge in [-0.05, 0) is 44.0 Å². The van der Waals surface area contributed by atoms with Crippen molar-refractivity contribution in [3.63, 3.8) is 0 Å². The van der Waals surface area contributed by atoms with Crippen molar-refractivity contribution in [2.45, 2.75) is 27.2 Å². The van der Waals surface area contributed by atoms with Crippen LogP contribution in [0.25, 0.3) is 0 Å². The van der Waals surface area contributed by atoms with Crippen molar-refractivity contribution in [3.05, 3.63) is 52.5 Å². The molecule has 0 saturated heterocycles. The fourth-order valence-electron chi connectivity index (χ4n) is 2.08. The molecule has 0 aliphatic carbocycles. The van der Waals surface area contributed by atoms with Crippen LogP contribution in [0.15, 0.2) is 28.9 Å². The van der Waals surface area contributed by atoms with Gasteiger partial charge in [0.15, 0.2) is 0 Å². The molecule has 21 heavy (non-hydrogen) atoms. The van der Waals surface area contributed by atoms with Crippen LogP contribution in [0.4, 0.5) is 5.69 Å². The van der Waals surface area contributed by atoms with E-state index in [1.54, 1.807) is 6.92 Å². The van der Waals surface area contributed by atoms with Crippen molar-refractivity contribution < 1.29 is 19.1 Å². The van der Waals surface area contributed by atoms with Crippen LogP contribution in [0.1, 0.15) is 32.8 Å². The Hall–Kier alpha value is -2.56. The maximum Gasteiger partial charge on any atom is 0.311 e. The van der Waals surface area contributed by atoms with Crippen LogP contribution in [-0.4, -0.2) is 17.0 Å². The molecule has 2 N–H and O–H groups in total. The Morgan fingerprint density at radius 3 is 2.48 bits per heavy atom. The highest BCUT2D eigenvalue weighted by atomic mass is 16.4. The average Bonchev–Trinajstić information content (AvgIpc) is 2.74. The molecule has 2 rings (SSSR count). The fraction of sp³-hybridized carbons (Fsp3) is 0.250. The first-order valence-electron chi connectivity index (χ1n) is 6.56. The molecule has 0 fully saturated rings. The highest BCUT2D eigenvalue weighted by molar-refractivity contribution is 6.06. The number of carbonyl (C=O) groups is 2. The van der Waals surface area contributed by atoms with Gasteiger partial charge in [0, 0.05) is 11.3 Å². The van der Waals surface area contributed by atoms with E-state index in [0.29, 0.717) is 11.3 Å². The monoisotopic (exact) mass is 287 g/mol. The van der Waals surface area contributed by atoms with Crippen LogP contribution < -0.4 is 5.32 Å². The molecule has 5 heteroatoms. The van der Waals surface area contributed by atoms with E-state index in [9.17, 15) is 9.59 Å². The highest BCUT2D eigenvalue weighted by Crippen LogP contribution is 2.20. The maximum atomic E-state index is 12.3. The second-order valence-electron chi connectivity index (χ2n) is 5.04. The minimum absolute atomic E-state index is 0.168. The third kappa shape index (κ3) is 3.31. The van der Waals surface area contributed by atoms with Gasteiger partial charge in [0.2, 0.25) is 0 Å². The largest absolute Gasteiger partial charge is 0.481 e. The van der Waals surface area contributed by atoms with E-state index in [0.717, 1.165) is 11.1 Å². The molecule has 1 amide bonds. The summed E-state index contributed by atoms with van der Waals surface area (Å²) in [7, 11) is 0. The lowest BCUT2D eigenvalue weighted by atomic mass is 10.1. The molecule has 5 nitrogen and oxygen atoms in total. The van der Waals surface area contributed by atoms with Gasteiger partial charge in [-0.2, -0.15) is 0 Å². The number of furan rings is 1. The molecular formula is C16H17NO4. The van der Waals surface area contributed by atoms with E-state index in [1.165, 1.54) is 6.26 Å². The van der Waals surface area contributed by atoms with Crippen molar-refractivity contribution in [2.75, 3.05) is 5.32 Å². The molecule has 0 unspecified atom stereocenters. The van der Waals surface area contributed by atoms with Crippen LogP contribution in [-0.2, 0) is 11.2 Å². The van der Waals surface area contributed by atoms with Crippen LogP contribution in [0.2, 0.25) is 0 Å². The number of amides is 1. The van der Waals surface area contributed by atoms with Gasteiger partial charge in [-0.1, -0.05) is 6.07 Å². The second-order valence-corrected chi connectivity index (χ2v) is 5.04. The minimum atomic E-state index is -1.04. The Morgan fingerprint density at radius 1 is 1.14 bits per heavy atom.